The lowest BCUT2D eigenvalue weighted by Gasteiger charge is -2.14. The molecule has 0 fully saturated rings. The highest BCUT2D eigenvalue weighted by molar-refractivity contribution is 7.71. The molecule has 0 aliphatic rings. The Kier molecular flexibility index (Phi) is 5.01. The van der Waals surface area contributed by atoms with Crippen LogP contribution in [0.15, 0.2) is 16.7 Å². The second kappa shape index (κ2) is 6.45. The molecule has 0 atom stereocenters. The molecule has 0 aliphatic heterocycles. The van der Waals surface area contributed by atoms with Crippen LogP contribution in [0.25, 0.3) is 11.5 Å². The number of hydrogen-bond donors (Lipinski definition) is 0. The molecule has 0 aliphatic carbocycles. The quantitative estimate of drug-likeness (QED) is 0.748. The van der Waals surface area contributed by atoms with E-state index in [2.05, 4.69) is 18.4 Å². The van der Waals surface area contributed by atoms with Crippen molar-refractivity contribution >= 4 is 12.4 Å². The molecule has 2 aromatic heterocycles. The van der Waals surface area contributed by atoms with Crippen molar-refractivity contribution in [3.8, 4) is 11.5 Å². The molecule has 5 heteroatoms. The molecular formula is C17H27N2O2P. The van der Waals surface area contributed by atoms with Crippen LogP contribution >= 0.6 is 7.14 Å². The lowest BCUT2D eigenvalue weighted by Crippen LogP contribution is -2.11. The average molecular weight is 322 g/mol. The van der Waals surface area contributed by atoms with Gasteiger partial charge in [-0.3, -0.25) is 0 Å². The summed E-state index contributed by atoms with van der Waals surface area (Å²) in [4.78, 5) is 4.70. The van der Waals surface area contributed by atoms with Gasteiger partial charge in [-0.1, -0.05) is 27.7 Å². The Labute approximate surface area is 133 Å². The average Bonchev–Trinajstić information content (AvgIpc) is 3.07. The van der Waals surface area contributed by atoms with Crippen molar-refractivity contribution in [2.45, 2.75) is 41.0 Å². The number of imidazole rings is 1. The third kappa shape index (κ3) is 2.94. The van der Waals surface area contributed by atoms with Crippen molar-refractivity contribution in [1.82, 2.24) is 9.55 Å². The molecule has 0 saturated carbocycles. The van der Waals surface area contributed by atoms with Gasteiger partial charge in [-0.2, -0.15) is 0 Å². The van der Waals surface area contributed by atoms with Gasteiger partial charge in [-0.25, -0.2) is 4.98 Å². The molecule has 22 heavy (non-hydrogen) atoms. The van der Waals surface area contributed by atoms with Crippen LogP contribution in [0, 0.1) is 12.8 Å². The van der Waals surface area contributed by atoms with E-state index in [1.54, 1.807) is 6.26 Å². The van der Waals surface area contributed by atoms with E-state index in [4.69, 9.17) is 9.40 Å². The highest BCUT2D eigenvalue weighted by atomic mass is 31.2. The van der Waals surface area contributed by atoms with Gasteiger partial charge < -0.3 is 13.5 Å². The Hall–Kier alpha value is -1.28. The summed E-state index contributed by atoms with van der Waals surface area (Å²) in [6, 6.07) is 1.87. The molecule has 0 spiro atoms. The molecule has 2 heterocycles. The monoisotopic (exact) mass is 322 g/mol. The van der Waals surface area contributed by atoms with Crippen LogP contribution in [-0.2, 0) is 18.0 Å². The van der Waals surface area contributed by atoms with Gasteiger partial charge in [0.05, 0.1) is 11.6 Å². The van der Waals surface area contributed by atoms with Gasteiger partial charge in [0.15, 0.2) is 5.76 Å². The summed E-state index contributed by atoms with van der Waals surface area (Å²) in [5.41, 5.74) is 2.01. The minimum absolute atomic E-state index is 0.524. The van der Waals surface area contributed by atoms with Crippen LogP contribution < -0.4 is 5.30 Å². The van der Waals surface area contributed by atoms with Crippen molar-refractivity contribution in [2.75, 3.05) is 12.3 Å². The first-order valence-corrected chi connectivity index (χ1v) is 10.1. The molecule has 0 bridgehead atoms. The Morgan fingerprint density at radius 1 is 1.32 bits per heavy atom. The molecule has 2 rings (SSSR count). The first-order chi connectivity index (χ1) is 10.3. The maximum Gasteiger partial charge on any atom is 0.164 e. The summed E-state index contributed by atoms with van der Waals surface area (Å²) in [5, 5.41) is 0.848. The standard InChI is InChI=1S/C17H27N2O2P/c1-7-22(20,8-2)15-9-10-21-17(15)16-14(11-12(3)4)19(6)13(5)18-16/h9-10,12H,7-8,11H2,1-6H3. The molecule has 0 saturated heterocycles. The fourth-order valence-corrected chi connectivity index (χ4v) is 4.81. The normalized spacial score (nSPS) is 12.3. The van der Waals surface area contributed by atoms with Gasteiger partial charge in [-0.15, -0.1) is 0 Å². The van der Waals surface area contributed by atoms with Crippen molar-refractivity contribution < 1.29 is 8.98 Å². The maximum absolute atomic E-state index is 13.1. The second-order valence-electron chi connectivity index (χ2n) is 6.27. The number of aromatic nitrogens is 2. The van der Waals surface area contributed by atoms with E-state index in [0.29, 0.717) is 24.0 Å². The van der Waals surface area contributed by atoms with E-state index in [1.165, 1.54) is 0 Å². The summed E-state index contributed by atoms with van der Waals surface area (Å²) < 4.78 is 21.0. The van der Waals surface area contributed by atoms with Crippen molar-refractivity contribution in [2.24, 2.45) is 13.0 Å². The fraction of sp³-hybridized carbons (Fsp3) is 0.588. The molecule has 0 N–H and O–H groups in total. The molecule has 0 aromatic carbocycles. The molecule has 2 aromatic rings. The minimum atomic E-state index is -2.39. The van der Waals surface area contributed by atoms with E-state index >= 15 is 0 Å². The SMILES string of the molecule is CCP(=O)(CC)c1ccoc1-c1nc(C)n(C)c1CC(C)C. The topological polar surface area (TPSA) is 48.0 Å². The maximum atomic E-state index is 13.1. The number of furan rings is 1. The summed E-state index contributed by atoms with van der Waals surface area (Å²) in [6.45, 7) is 10.4. The predicted molar refractivity (Wildman–Crippen MR) is 92.5 cm³/mol. The van der Waals surface area contributed by atoms with Gasteiger partial charge in [0.1, 0.15) is 18.7 Å². The van der Waals surface area contributed by atoms with Crippen LogP contribution in [0.2, 0.25) is 0 Å². The smallest absolute Gasteiger partial charge is 0.164 e. The summed E-state index contributed by atoms with van der Waals surface area (Å²) >= 11 is 0. The fourth-order valence-electron chi connectivity index (χ4n) is 2.82. The summed E-state index contributed by atoms with van der Waals surface area (Å²) in [5.74, 6) is 2.18. The zero-order valence-corrected chi connectivity index (χ0v) is 15.4. The van der Waals surface area contributed by atoms with E-state index in [9.17, 15) is 4.57 Å². The summed E-state index contributed by atoms with van der Waals surface area (Å²) in [7, 11) is -0.359. The third-order valence-electron chi connectivity index (χ3n) is 4.36. The van der Waals surface area contributed by atoms with E-state index in [-0.39, 0.29) is 0 Å². The van der Waals surface area contributed by atoms with Crippen molar-refractivity contribution in [1.29, 1.82) is 0 Å². The van der Waals surface area contributed by atoms with E-state index in [1.807, 2.05) is 33.9 Å². The first-order valence-electron chi connectivity index (χ1n) is 8.02. The minimum Gasteiger partial charge on any atom is -0.462 e. The zero-order valence-electron chi connectivity index (χ0n) is 14.5. The highest BCUT2D eigenvalue weighted by Gasteiger charge is 2.29. The highest BCUT2D eigenvalue weighted by Crippen LogP contribution is 2.46. The molecule has 0 amide bonds. The van der Waals surface area contributed by atoms with Gasteiger partial charge in [0, 0.05) is 25.1 Å². The van der Waals surface area contributed by atoms with E-state index < -0.39 is 7.14 Å². The molecule has 0 unspecified atom stereocenters. The Bertz CT molecular complexity index is 690. The molecule has 0 radical (unpaired) electrons. The van der Waals surface area contributed by atoms with Crippen molar-refractivity contribution in [3.05, 3.63) is 23.8 Å². The largest absolute Gasteiger partial charge is 0.462 e. The Balaban J connectivity index is 2.62. The first kappa shape index (κ1) is 17.1. The van der Waals surface area contributed by atoms with Crippen LogP contribution in [-0.4, -0.2) is 21.9 Å². The van der Waals surface area contributed by atoms with Gasteiger partial charge in [0.2, 0.25) is 0 Å². The number of rotatable bonds is 6. The van der Waals surface area contributed by atoms with Crippen LogP contribution in [0.1, 0.15) is 39.2 Å². The number of nitrogens with zero attached hydrogens (tertiary/aromatic N) is 2. The van der Waals surface area contributed by atoms with E-state index in [0.717, 1.165) is 28.9 Å². The number of hydrogen-bond acceptors (Lipinski definition) is 3. The lowest BCUT2D eigenvalue weighted by molar-refractivity contribution is 0.572. The van der Waals surface area contributed by atoms with Gasteiger partial charge in [-0.05, 0) is 25.3 Å². The lowest BCUT2D eigenvalue weighted by atomic mass is 10.1. The van der Waals surface area contributed by atoms with Gasteiger partial charge >= 0.3 is 0 Å². The molecule has 4 nitrogen and oxygen atoms in total. The number of aryl methyl sites for hydroxylation is 1. The third-order valence-corrected chi connectivity index (χ3v) is 7.63. The second-order valence-corrected chi connectivity index (χ2v) is 9.79. The Morgan fingerprint density at radius 3 is 2.50 bits per heavy atom. The van der Waals surface area contributed by atoms with Crippen LogP contribution in [0.4, 0.5) is 0 Å². The van der Waals surface area contributed by atoms with Gasteiger partial charge in [0.25, 0.3) is 0 Å². The molecular weight excluding hydrogens is 295 g/mol. The summed E-state index contributed by atoms with van der Waals surface area (Å²) in [6.07, 6.45) is 3.88. The zero-order chi connectivity index (χ0) is 16.5. The van der Waals surface area contributed by atoms with Crippen molar-refractivity contribution in [3.63, 3.8) is 0 Å². The van der Waals surface area contributed by atoms with Crippen LogP contribution in [0.3, 0.4) is 0 Å². The molecule has 122 valence electrons. The Morgan fingerprint density at radius 2 is 1.95 bits per heavy atom. The predicted octanol–water partition coefficient (Wildman–Crippen LogP) is 4.22. The van der Waals surface area contributed by atoms with Crippen LogP contribution in [0.5, 0.6) is 0 Å².